The van der Waals surface area contributed by atoms with Crippen LogP contribution in [0.1, 0.15) is 18.5 Å². The van der Waals surface area contributed by atoms with E-state index in [0.29, 0.717) is 12.5 Å². The first-order valence-corrected chi connectivity index (χ1v) is 9.16. The quantitative estimate of drug-likeness (QED) is 0.705. The van der Waals surface area contributed by atoms with Gasteiger partial charge in [-0.3, -0.25) is 4.68 Å². The van der Waals surface area contributed by atoms with Crippen LogP contribution in [0.2, 0.25) is 0 Å². The van der Waals surface area contributed by atoms with Crippen LogP contribution in [0.5, 0.6) is 0 Å². The molecule has 1 saturated carbocycles. The van der Waals surface area contributed by atoms with Gasteiger partial charge in [-0.1, -0.05) is 5.21 Å². The first-order valence-electron chi connectivity index (χ1n) is 9.16. The minimum atomic E-state index is 0.101. The summed E-state index contributed by atoms with van der Waals surface area (Å²) in [6.45, 7) is 3.30. The SMILES string of the molecule is CNc1nccc(N2C[C@H](OC)[C@H](NCc3cn(CC4CC4)nn3)C2)n1. The summed E-state index contributed by atoms with van der Waals surface area (Å²) >= 11 is 0. The Kier molecular flexibility index (Phi) is 4.98. The molecule has 26 heavy (non-hydrogen) atoms. The highest BCUT2D eigenvalue weighted by molar-refractivity contribution is 5.44. The van der Waals surface area contributed by atoms with Gasteiger partial charge in [0, 0.05) is 52.7 Å². The highest BCUT2D eigenvalue weighted by Gasteiger charge is 2.33. The van der Waals surface area contributed by atoms with Crippen LogP contribution in [0.25, 0.3) is 0 Å². The second kappa shape index (κ2) is 7.55. The van der Waals surface area contributed by atoms with Crippen LogP contribution >= 0.6 is 0 Å². The van der Waals surface area contributed by atoms with Crippen LogP contribution in [0, 0.1) is 5.92 Å². The van der Waals surface area contributed by atoms with Crippen molar-refractivity contribution in [3.05, 3.63) is 24.2 Å². The zero-order valence-electron chi connectivity index (χ0n) is 15.3. The van der Waals surface area contributed by atoms with E-state index in [-0.39, 0.29) is 12.1 Å². The number of hydrogen-bond acceptors (Lipinski definition) is 8. The van der Waals surface area contributed by atoms with Gasteiger partial charge >= 0.3 is 0 Å². The molecule has 0 bridgehead atoms. The molecular weight excluding hydrogens is 332 g/mol. The van der Waals surface area contributed by atoms with Gasteiger partial charge in [-0.25, -0.2) is 4.98 Å². The molecule has 9 heteroatoms. The molecule has 2 aromatic rings. The maximum absolute atomic E-state index is 5.68. The van der Waals surface area contributed by atoms with Gasteiger partial charge in [0.1, 0.15) is 5.82 Å². The fraction of sp³-hybridized carbons (Fsp3) is 0.647. The molecule has 2 aliphatic rings. The van der Waals surface area contributed by atoms with E-state index < -0.39 is 0 Å². The van der Waals surface area contributed by atoms with Gasteiger partial charge in [0.15, 0.2) is 0 Å². The summed E-state index contributed by atoms with van der Waals surface area (Å²) in [5.41, 5.74) is 0.971. The molecule has 140 valence electrons. The molecule has 1 aliphatic carbocycles. The number of hydrogen-bond donors (Lipinski definition) is 2. The second-order valence-electron chi connectivity index (χ2n) is 7.03. The smallest absolute Gasteiger partial charge is 0.224 e. The first kappa shape index (κ1) is 17.2. The molecule has 2 atom stereocenters. The monoisotopic (exact) mass is 358 g/mol. The molecule has 2 aromatic heterocycles. The molecule has 1 aliphatic heterocycles. The summed E-state index contributed by atoms with van der Waals surface area (Å²) in [4.78, 5) is 10.9. The van der Waals surface area contributed by atoms with Crippen molar-refractivity contribution in [1.29, 1.82) is 0 Å². The third-order valence-corrected chi connectivity index (χ3v) is 5.03. The lowest BCUT2D eigenvalue weighted by Gasteiger charge is -2.17. The van der Waals surface area contributed by atoms with Gasteiger partial charge in [0.05, 0.1) is 17.8 Å². The minimum Gasteiger partial charge on any atom is -0.378 e. The Morgan fingerprint density at radius 1 is 1.31 bits per heavy atom. The van der Waals surface area contributed by atoms with E-state index in [1.54, 1.807) is 13.3 Å². The number of anilines is 2. The molecule has 0 spiro atoms. The number of nitrogens with one attached hydrogen (secondary N) is 2. The van der Waals surface area contributed by atoms with Gasteiger partial charge < -0.3 is 20.3 Å². The van der Waals surface area contributed by atoms with Crippen molar-refractivity contribution in [2.75, 3.05) is 37.5 Å². The van der Waals surface area contributed by atoms with Crippen LogP contribution < -0.4 is 15.5 Å². The number of methoxy groups -OCH3 is 1. The van der Waals surface area contributed by atoms with Gasteiger partial charge in [-0.15, -0.1) is 5.10 Å². The third-order valence-electron chi connectivity index (χ3n) is 5.03. The number of nitrogens with zero attached hydrogens (tertiary/aromatic N) is 6. The van der Waals surface area contributed by atoms with E-state index >= 15 is 0 Å². The summed E-state index contributed by atoms with van der Waals surface area (Å²) < 4.78 is 7.64. The van der Waals surface area contributed by atoms with Gasteiger partial charge in [-0.2, -0.15) is 4.98 Å². The summed E-state index contributed by atoms with van der Waals surface area (Å²) in [5.74, 6) is 2.33. The molecule has 0 amide bonds. The van der Waals surface area contributed by atoms with Crippen LogP contribution in [0.3, 0.4) is 0 Å². The van der Waals surface area contributed by atoms with E-state index in [0.717, 1.165) is 37.1 Å². The summed E-state index contributed by atoms with van der Waals surface area (Å²) in [7, 11) is 3.58. The lowest BCUT2D eigenvalue weighted by molar-refractivity contribution is 0.0965. The molecule has 2 N–H and O–H groups in total. The van der Waals surface area contributed by atoms with Crippen molar-refractivity contribution in [2.45, 2.75) is 38.1 Å². The molecule has 3 heterocycles. The molecule has 0 radical (unpaired) electrons. The molecule has 9 nitrogen and oxygen atoms in total. The molecule has 1 saturated heterocycles. The molecule has 2 fully saturated rings. The van der Waals surface area contributed by atoms with Gasteiger partial charge in [-0.05, 0) is 24.8 Å². The Morgan fingerprint density at radius 3 is 2.96 bits per heavy atom. The third kappa shape index (κ3) is 3.94. The van der Waals surface area contributed by atoms with Crippen molar-refractivity contribution < 1.29 is 4.74 Å². The lowest BCUT2D eigenvalue weighted by Crippen LogP contribution is -2.39. The highest BCUT2D eigenvalue weighted by atomic mass is 16.5. The average Bonchev–Trinajstić information content (AvgIpc) is 3.21. The number of ether oxygens (including phenoxy) is 1. The van der Waals surface area contributed by atoms with E-state index in [4.69, 9.17) is 4.74 Å². The van der Waals surface area contributed by atoms with Crippen molar-refractivity contribution in [1.82, 2.24) is 30.3 Å². The van der Waals surface area contributed by atoms with Crippen molar-refractivity contribution in [2.24, 2.45) is 5.92 Å². The number of aromatic nitrogens is 5. The van der Waals surface area contributed by atoms with E-state index in [1.807, 2.05) is 24.0 Å². The first-order chi connectivity index (χ1) is 12.7. The number of rotatable bonds is 8. The fourth-order valence-corrected chi connectivity index (χ4v) is 3.35. The molecule has 0 unspecified atom stereocenters. The largest absolute Gasteiger partial charge is 0.378 e. The lowest BCUT2D eigenvalue weighted by atomic mass is 10.2. The Bertz CT molecular complexity index is 731. The van der Waals surface area contributed by atoms with Crippen molar-refractivity contribution in [3.8, 4) is 0 Å². The predicted octanol–water partition coefficient (Wildman–Crippen LogP) is 0.513. The zero-order valence-corrected chi connectivity index (χ0v) is 15.3. The van der Waals surface area contributed by atoms with Crippen LogP contribution in [0.15, 0.2) is 18.5 Å². The van der Waals surface area contributed by atoms with Crippen molar-refractivity contribution in [3.63, 3.8) is 0 Å². The summed E-state index contributed by atoms with van der Waals surface area (Å²) in [6, 6.07) is 2.14. The zero-order chi connectivity index (χ0) is 17.9. The standard InChI is InChI=1S/C17H26N8O/c1-18-17-19-6-5-16(21-17)24-10-14(15(11-24)26-2)20-7-13-9-25(23-22-13)8-12-3-4-12/h5-6,9,12,14-15,20H,3-4,7-8,10-11H2,1-2H3,(H,18,19,21)/t14-,15+/m1/s1. The maximum Gasteiger partial charge on any atom is 0.224 e. The van der Waals surface area contributed by atoms with E-state index in [1.165, 1.54) is 12.8 Å². The van der Waals surface area contributed by atoms with E-state index in [2.05, 4.69) is 35.8 Å². The van der Waals surface area contributed by atoms with Crippen LogP contribution in [-0.4, -0.2) is 64.4 Å². The van der Waals surface area contributed by atoms with Gasteiger partial charge in [0.2, 0.25) is 5.95 Å². The molecular formula is C17H26N8O. The topological polar surface area (TPSA) is 93.0 Å². The summed E-state index contributed by atoms with van der Waals surface area (Å²) in [6.07, 6.45) is 6.56. The fourth-order valence-electron chi connectivity index (χ4n) is 3.35. The Balaban J connectivity index is 1.35. The maximum atomic E-state index is 5.68. The normalized spacial score (nSPS) is 22.8. The second-order valence-corrected chi connectivity index (χ2v) is 7.03. The van der Waals surface area contributed by atoms with Crippen LogP contribution in [-0.2, 0) is 17.8 Å². The average molecular weight is 358 g/mol. The highest BCUT2D eigenvalue weighted by Crippen LogP contribution is 2.30. The molecule has 0 aromatic carbocycles. The van der Waals surface area contributed by atoms with Gasteiger partial charge in [0.25, 0.3) is 0 Å². The Hall–Kier alpha value is -2.26. The Morgan fingerprint density at radius 2 is 2.19 bits per heavy atom. The van der Waals surface area contributed by atoms with Crippen LogP contribution in [0.4, 0.5) is 11.8 Å². The molecule has 4 rings (SSSR count). The van der Waals surface area contributed by atoms with Crippen molar-refractivity contribution >= 4 is 11.8 Å². The Labute approximate surface area is 153 Å². The predicted molar refractivity (Wildman–Crippen MR) is 98.0 cm³/mol. The summed E-state index contributed by atoms with van der Waals surface area (Å²) in [5, 5.41) is 15.0. The van der Waals surface area contributed by atoms with E-state index in [9.17, 15) is 0 Å². The minimum absolute atomic E-state index is 0.101.